The molecule has 1 aromatic rings. The highest BCUT2D eigenvalue weighted by molar-refractivity contribution is 6.33. The van der Waals surface area contributed by atoms with Crippen molar-refractivity contribution in [3.05, 3.63) is 33.8 Å². The SMILES string of the molecule is OC(CNCC1CCCCO1)c1cc(Cl)ccc1Cl. The lowest BCUT2D eigenvalue weighted by atomic mass is 10.1. The predicted molar refractivity (Wildman–Crippen MR) is 77.9 cm³/mol. The zero-order valence-electron chi connectivity index (χ0n) is 10.7. The molecule has 0 amide bonds. The van der Waals surface area contributed by atoms with Crippen molar-refractivity contribution in [2.24, 2.45) is 0 Å². The summed E-state index contributed by atoms with van der Waals surface area (Å²) in [5.41, 5.74) is 0.659. The Labute approximate surface area is 123 Å². The summed E-state index contributed by atoms with van der Waals surface area (Å²) in [6.07, 6.45) is 3.05. The molecule has 1 aromatic carbocycles. The molecule has 1 saturated heterocycles. The Balaban J connectivity index is 1.80. The molecule has 2 N–H and O–H groups in total. The molecule has 19 heavy (non-hydrogen) atoms. The van der Waals surface area contributed by atoms with Crippen LogP contribution in [0, 0.1) is 0 Å². The van der Waals surface area contributed by atoms with E-state index in [1.165, 1.54) is 6.42 Å². The monoisotopic (exact) mass is 303 g/mol. The smallest absolute Gasteiger partial charge is 0.0929 e. The van der Waals surface area contributed by atoms with Crippen LogP contribution in [-0.4, -0.2) is 30.9 Å². The average molecular weight is 304 g/mol. The first-order valence-electron chi connectivity index (χ1n) is 6.62. The average Bonchev–Trinajstić information content (AvgIpc) is 2.42. The first kappa shape index (κ1) is 15.1. The van der Waals surface area contributed by atoms with E-state index in [1.54, 1.807) is 18.2 Å². The number of aliphatic hydroxyl groups is 1. The van der Waals surface area contributed by atoms with E-state index >= 15 is 0 Å². The van der Waals surface area contributed by atoms with Crippen LogP contribution in [0.4, 0.5) is 0 Å². The van der Waals surface area contributed by atoms with Crippen LogP contribution in [0.25, 0.3) is 0 Å². The van der Waals surface area contributed by atoms with Crippen LogP contribution in [0.2, 0.25) is 10.0 Å². The number of benzene rings is 1. The van der Waals surface area contributed by atoms with Gasteiger partial charge in [0.25, 0.3) is 0 Å². The number of aliphatic hydroxyl groups excluding tert-OH is 1. The molecule has 0 bridgehead atoms. The van der Waals surface area contributed by atoms with Gasteiger partial charge in [0, 0.05) is 35.3 Å². The van der Waals surface area contributed by atoms with Gasteiger partial charge in [-0.15, -0.1) is 0 Å². The first-order chi connectivity index (χ1) is 9.16. The molecule has 3 nitrogen and oxygen atoms in total. The van der Waals surface area contributed by atoms with Crippen molar-refractivity contribution in [1.82, 2.24) is 5.32 Å². The molecule has 1 aliphatic heterocycles. The van der Waals surface area contributed by atoms with Gasteiger partial charge in [-0.2, -0.15) is 0 Å². The van der Waals surface area contributed by atoms with Crippen LogP contribution in [0.15, 0.2) is 18.2 Å². The summed E-state index contributed by atoms with van der Waals surface area (Å²) in [5.74, 6) is 0. The first-order valence-corrected chi connectivity index (χ1v) is 7.38. The molecule has 2 unspecified atom stereocenters. The second kappa shape index (κ2) is 7.46. The molecule has 0 aromatic heterocycles. The van der Waals surface area contributed by atoms with Crippen molar-refractivity contribution < 1.29 is 9.84 Å². The van der Waals surface area contributed by atoms with E-state index in [0.29, 0.717) is 22.2 Å². The van der Waals surface area contributed by atoms with Crippen LogP contribution in [0.5, 0.6) is 0 Å². The van der Waals surface area contributed by atoms with E-state index in [4.69, 9.17) is 27.9 Å². The van der Waals surface area contributed by atoms with E-state index in [0.717, 1.165) is 26.0 Å². The summed E-state index contributed by atoms with van der Waals surface area (Å²) in [7, 11) is 0. The highest BCUT2D eigenvalue weighted by Crippen LogP contribution is 2.26. The molecule has 0 radical (unpaired) electrons. The Kier molecular flexibility index (Phi) is 5.92. The fourth-order valence-electron chi connectivity index (χ4n) is 2.23. The van der Waals surface area contributed by atoms with Crippen molar-refractivity contribution in [3.8, 4) is 0 Å². The number of hydrogen-bond donors (Lipinski definition) is 2. The van der Waals surface area contributed by atoms with Crippen molar-refractivity contribution >= 4 is 23.2 Å². The minimum absolute atomic E-state index is 0.260. The molecule has 5 heteroatoms. The zero-order chi connectivity index (χ0) is 13.7. The van der Waals surface area contributed by atoms with Crippen LogP contribution in [-0.2, 0) is 4.74 Å². The standard InChI is InChI=1S/C14H19Cl2NO2/c15-10-4-5-13(16)12(7-10)14(18)9-17-8-11-3-1-2-6-19-11/h4-5,7,11,14,17-18H,1-3,6,8-9H2. The molecule has 0 saturated carbocycles. The van der Waals surface area contributed by atoms with E-state index in [2.05, 4.69) is 5.32 Å². The molecule has 106 valence electrons. The number of hydrogen-bond acceptors (Lipinski definition) is 3. The van der Waals surface area contributed by atoms with Gasteiger partial charge >= 0.3 is 0 Å². The quantitative estimate of drug-likeness (QED) is 0.878. The Morgan fingerprint density at radius 3 is 2.95 bits per heavy atom. The Morgan fingerprint density at radius 1 is 1.37 bits per heavy atom. The van der Waals surface area contributed by atoms with Crippen LogP contribution < -0.4 is 5.32 Å². The minimum atomic E-state index is -0.658. The molecule has 1 fully saturated rings. The summed E-state index contributed by atoms with van der Waals surface area (Å²) in [4.78, 5) is 0. The maximum absolute atomic E-state index is 10.1. The van der Waals surface area contributed by atoms with Gasteiger partial charge < -0.3 is 15.2 Å². The largest absolute Gasteiger partial charge is 0.387 e. The summed E-state index contributed by atoms with van der Waals surface area (Å²) in [6, 6.07) is 5.11. The van der Waals surface area contributed by atoms with Gasteiger partial charge in [-0.1, -0.05) is 23.2 Å². The number of nitrogens with one attached hydrogen (secondary N) is 1. The van der Waals surface area contributed by atoms with Gasteiger partial charge in [-0.3, -0.25) is 0 Å². The lowest BCUT2D eigenvalue weighted by molar-refractivity contribution is 0.0152. The topological polar surface area (TPSA) is 41.5 Å². The lowest BCUT2D eigenvalue weighted by Crippen LogP contribution is -2.34. The summed E-state index contributed by atoms with van der Waals surface area (Å²) in [6.45, 7) is 2.05. The molecular formula is C14H19Cl2NO2. The zero-order valence-corrected chi connectivity index (χ0v) is 12.3. The van der Waals surface area contributed by atoms with Gasteiger partial charge in [0.05, 0.1) is 12.2 Å². The Bertz CT molecular complexity index is 408. The highest BCUT2D eigenvalue weighted by Gasteiger charge is 2.15. The van der Waals surface area contributed by atoms with Crippen molar-refractivity contribution in [2.75, 3.05) is 19.7 Å². The van der Waals surface area contributed by atoms with E-state index < -0.39 is 6.10 Å². The van der Waals surface area contributed by atoms with Gasteiger partial charge in [-0.25, -0.2) is 0 Å². The van der Waals surface area contributed by atoms with Gasteiger partial charge in [0.1, 0.15) is 0 Å². The van der Waals surface area contributed by atoms with Gasteiger partial charge in [0.2, 0.25) is 0 Å². The maximum Gasteiger partial charge on any atom is 0.0929 e. The molecule has 0 spiro atoms. The summed E-state index contributed by atoms with van der Waals surface area (Å²) >= 11 is 12.0. The summed E-state index contributed by atoms with van der Waals surface area (Å²) < 4.78 is 5.62. The Morgan fingerprint density at radius 2 is 2.21 bits per heavy atom. The van der Waals surface area contributed by atoms with E-state index in [1.807, 2.05) is 0 Å². The van der Waals surface area contributed by atoms with Crippen LogP contribution in [0.1, 0.15) is 30.9 Å². The third-order valence-electron chi connectivity index (χ3n) is 3.30. The molecule has 1 heterocycles. The number of halogens is 2. The fraction of sp³-hybridized carbons (Fsp3) is 0.571. The highest BCUT2D eigenvalue weighted by atomic mass is 35.5. The van der Waals surface area contributed by atoms with Crippen molar-refractivity contribution in [1.29, 1.82) is 0 Å². The molecule has 1 aliphatic rings. The second-order valence-electron chi connectivity index (χ2n) is 4.83. The molecule has 0 aliphatic carbocycles. The number of rotatable bonds is 5. The van der Waals surface area contributed by atoms with E-state index in [-0.39, 0.29) is 6.10 Å². The van der Waals surface area contributed by atoms with Gasteiger partial charge in [0.15, 0.2) is 0 Å². The molecule has 2 atom stereocenters. The van der Waals surface area contributed by atoms with Gasteiger partial charge in [-0.05, 0) is 37.5 Å². The Hall–Kier alpha value is -0.320. The predicted octanol–water partition coefficient (Wildman–Crippen LogP) is 3.19. The van der Waals surface area contributed by atoms with Crippen molar-refractivity contribution in [3.63, 3.8) is 0 Å². The maximum atomic E-state index is 10.1. The second-order valence-corrected chi connectivity index (χ2v) is 5.67. The molecule has 2 rings (SSSR count). The molecular weight excluding hydrogens is 285 g/mol. The normalized spacial score (nSPS) is 21.3. The fourth-order valence-corrected chi connectivity index (χ4v) is 2.65. The number of ether oxygens (including phenoxy) is 1. The third-order valence-corrected chi connectivity index (χ3v) is 3.88. The third kappa shape index (κ3) is 4.62. The minimum Gasteiger partial charge on any atom is -0.387 e. The summed E-state index contributed by atoms with van der Waals surface area (Å²) in [5, 5.41) is 14.4. The lowest BCUT2D eigenvalue weighted by Gasteiger charge is -2.23. The van der Waals surface area contributed by atoms with Crippen LogP contribution >= 0.6 is 23.2 Å². The van der Waals surface area contributed by atoms with E-state index in [9.17, 15) is 5.11 Å². The van der Waals surface area contributed by atoms with Crippen molar-refractivity contribution in [2.45, 2.75) is 31.5 Å². The van der Waals surface area contributed by atoms with Crippen LogP contribution in [0.3, 0.4) is 0 Å².